The number of aromatic nitrogens is 1. The van der Waals surface area contributed by atoms with E-state index in [0.29, 0.717) is 15.3 Å². The quantitative estimate of drug-likeness (QED) is 0.647. The molecule has 0 amide bonds. The van der Waals surface area contributed by atoms with Gasteiger partial charge in [0.25, 0.3) is 0 Å². The maximum atomic E-state index is 12.5. The summed E-state index contributed by atoms with van der Waals surface area (Å²) >= 11 is 6.08. The molecule has 1 aromatic carbocycles. The lowest BCUT2D eigenvalue weighted by Crippen LogP contribution is -2.34. The van der Waals surface area contributed by atoms with E-state index in [4.69, 9.17) is 11.6 Å². The Kier molecular flexibility index (Phi) is 4.01. The molecule has 0 aliphatic carbocycles. The lowest BCUT2D eigenvalue weighted by Gasteiger charge is -2.14. The summed E-state index contributed by atoms with van der Waals surface area (Å²) < 4.78 is 25.4. The van der Waals surface area contributed by atoms with E-state index >= 15 is 0 Å². The van der Waals surface area contributed by atoms with Crippen molar-refractivity contribution >= 4 is 21.4 Å². The number of hydrogen-bond donors (Lipinski definition) is 0. The summed E-state index contributed by atoms with van der Waals surface area (Å²) in [6.45, 7) is 3.39. The number of benzene rings is 1. The highest BCUT2D eigenvalue weighted by Crippen LogP contribution is 2.32. The maximum Gasteiger partial charge on any atom is 0.309 e. The Hall–Kier alpha value is -1.59. The molecule has 0 fully saturated rings. The molecule has 0 bridgehead atoms. The SMILES string of the molecule is Cc1ccc(Cl)c(C(C)S(=O)(=O)c2cccc[n+]2[O-])c1. The van der Waals surface area contributed by atoms with Gasteiger partial charge >= 0.3 is 5.03 Å². The smallest absolute Gasteiger partial charge is 0.309 e. The van der Waals surface area contributed by atoms with Gasteiger partial charge in [0.05, 0.1) is 5.25 Å². The average molecular weight is 312 g/mol. The van der Waals surface area contributed by atoms with E-state index in [1.54, 1.807) is 12.1 Å². The average Bonchev–Trinajstić information content (AvgIpc) is 2.41. The molecular weight excluding hydrogens is 298 g/mol. The fourth-order valence-corrected chi connectivity index (χ4v) is 3.77. The van der Waals surface area contributed by atoms with Crippen LogP contribution in [0.25, 0.3) is 0 Å². The minimum atomic E-state index is -3.80. The van der Waals surface area contributed by atoms with E-state index in [9.17, 15) is 13.6 Å². The summed E-state index contributed by atoms with van der Waals surface area (Å²) in [6, 6.07) is 9.49. The topological polar surface area (TPSA) is 61.1 Å². The van der Waals surface area contributed by atoms with Crippen LogP contribution in [-0.2, 0) is 9.84 Å². The molecule has 1 atom stereocenters. The molecule has 0 radical (unpaired) electrons. The molecule has 0 saturated heterocycles. The van der Waals surface area contributed by atoms with Crippen LogP contribution in [0.3, 0.4) is 0 Å². The first kappa shape index (κ1) is 14.8. The van der Waals surface area contributed by atoms with Crippen LogP contribution in [0.1, 0.15) is 23.3 Å². The van der Waals surface area contributed by atoms with Crippen molar-refractivity contribution in [2.45, 2.75) is 24.1 Å². The highest BCUT2D eigenvalue weighted by atomic mass is 35.5. The molecule has 4 nitrogen and oxygen atoms in total. The third kappa shape index (κ3) is 2.64. The molecule has 2 aromatic rings. The third-order valence-corrected chi connectivity index (χ3v) is 5.56. The summed E-state index contributed by atoms with van der Waals surface area (Å²) in [4.78, 5) is 0. The number of pyridine rings is 1. The van der Waals surface area contributed by atoms with Gasteiger partial charge in [-0.15, -0.1) is 0 Å². The van der Waals surface area contributed by atoms with Gasteiger partial charge in [0, 0.05) is 17.2 Å². The molecule has 1 heterocycles. The molecule has 6 heteroatoms. The fourth-order valence-electron chi connectivity index (χ4n) is 1.96. The van der Waals surface area contributed by atoms with E-state index in [1.165, 1.54) is 25.1 Å². The van der Waals surface area contributed by atoms with Gasteiger partial charge in [-0.1, -0.05) is 29.3 Å². The van der Waals surface area contributed by atoms with Crippen LogP contribution >= 0.6 is 11.6 Å². The zero-order valence-corrected chi connectivity index (χ0v) is 12.6. The molecule has 1 unspecified atom stereocenters. The molecule has 0 aliphatic rings. The Balaban J connectivity index is 2.55. The number of halogens is 1. The normalized spacial score (nSPS) is 13.2. The van der Waals surface area contributed by atoms with Gasteiger partial charge in [-0.25, -0.2) is 8.42 Å². The summed E-state index contributed by atoms with van der Waals surface area (Å²) in [5.41, 5.74) is 1.41. The highest BCUT2D eigenvalue weighted by molar-refractivity contribution is 7.91. The third-order valence-electron chi connectivity index (χ3n) is 3.14. The summed E-state index contributed by atoms with van der Waals surface area (Å²) in [5.74, 6) is 0. The number of nitrogens with zero attached hydrogens (tertiary/aromatic N) is 1. The zero-order chi connectivity index (χ0) is 14.9. The van der Waals surface area contributed by atoms with Gasteiger partial charge in [-0.05, 0) is 31.5 Å². The van der Waals surface area contributed by atoms with E-state index in [-0.39, 0.29) is 5.03 Å². The number of aryl methyl sites for hydroxylation is 1. The van der Waals surface area contributed by atoms with Crippen LogP contribution in [0.5, 0.6) is 0 Å². The Labute approximate surface area is 123 Å². The van der Waals surface area contributed by atoms with Crippen molar-refractivity contribution in [1.29, 1.82) is 0 Å². The van der Waals surface area contributed by atoms with Crippen molar-refractivity contribution in [3.05, 3.63) is 64.0 Å². The summed E-state index contributed by atoms with van der Waals surface area (Å²) in [6.07, 6.45) is 1.16. The second kappa shape index (κ2) is 5.42. The number of rotatable bonds is 3. The molecule has 20 heavy (non-hydrogen) atoms. The van der Waals surface area contributed by atoms with E-state index in [2.05, 4.69) is 0 Å². The fraction of sp³-hybridized carbons (Fsp3) is 0.214. The lowest BCUT2D eigenvalue weighted by atomic mass is 10.1. The van der Waals surface area contributed by atoms with Gasteiger partial charge in [0.15, 0.2) is 6.20 Å². The molecule has 0 aliphatic heterocycles. The first-order valence-corrected chi connectivity index (χ1v) is 7.94. The van der Waals surface area contributed by atoms with Crippen molar-refractivity contribution in [3.63, 3.8) is 0 Å². The standard InChI is InChI=1S/C14H14ClNO3S/c1-10-6-7-13(15)12(9-10)11(2)20(18,19)14-5-3-4-8-16(14)17/h3-9,11H,1-2H3. The van der Waals surface area contributed by atoms with Crippen LogP contribution < -0.4 is 4.73 Å². The van der Waals surface area contributed by atoms with Gasteiger partial charge in [-0.2, -0.15) is 4.73 Å². The Morgan fingerprint density at radius 3 is 2.60 bits per heavy atom. The van der Waals surface area contributed by atoms with Crippen LogP contribution in [0, 0.1) is 12.1 Å². The molecule has 0 spiro atoms. The molecule has 1 aromatic heterocycles. The Bertz CT molecular complexity index is 744. The van der Waals surface area contributed by atoms with Gasteiger partial charge in [0.1, 0.15) is 0 Å². The van der Waals surface area contributed by atoms with Crippen molar-refractivity contribution in [2.24, 2.45) is 0 Å². The van der Waals surface area contributed by atoms with Crippen molar-refractivity contribution in [1.82, 2.24) is 0 Å². The Morgan fingerprint density at radius 1 is 1.25 bits per heavy atom. The zero-order valence-electron chi connectivity index (χ0n) is 11.1. The molecule has 106 valence electrons. The van der Waals surface area contributed by atoms with Gasteiger partial charge in [-0.3, -0.25) is 0 Å². The second-order valence-electron chi connectivity index (χ2n) is 4.58. The first-order chi connectivity index (χ1) is 9.34. The number of hydrogen-bond acceptors (Lipinski definition) is 3. The van der Waals surface area contributed by atoms with Crippen molar-refractivity contribution in [2.75, 3.05) is 0 Å². The minimum absolute atomic E-state index is 0.273. The molecule has 2 rings (SSSR count). The number of sulfone groups is 1. The minimum Gasteiger partial charge on any atom is -0.618 e. The lowest BCUT2D eigenvalue weighted by molar-refractivity contribution is -0.646. The molecular formula is C14H14ClNO3S. The van der Waals surface area contributed by atoms with Gasteiger partial charge < -0.3 is 5.21 Å². The predicted octanol–water partition coefficient (Wildman–Crippen LogP) is 2.82. The van der Waals surface area contributed by atoms with E-state index in [1.807, 2.05) is 13.0 Å². The summed E-state index contributed by atoms with van der Waals surface area (Å²) in [5, 5.41) is 10.9. The van der Waals surface area contributed by atoms with Crippen LogP contribution in [0.15, 0.2) is 47.6 Å². The van der Waals surface area contributed by atoms with Crippen LogP contribution in [-0.4, -0.2) is 8.42 Å². The van der Waals surface area contributed by atoms with Gasteiger partial charge in [0.2, 0.25) is 9.84 Å². The van der Waals surface area contributed by atoms with Crippen LogP contribution in [0.2, 0.25) is 5.02 Å². The second-order valence-corrected chi connectivity index (χ2v) is 7.20. The highest BCUT2D eigenvalue weighted by Gasteiger charge is 2.32. The first-order valence-electron chi connectivity index (χ1n) is 6.02. The van der Waals surface area contributed by atoms with E-state index in [0.717, 1.165) is 11.8 Å². The Morgan fingerprint density at radius 2 is 1.95 bits per heavy atom. The van der Waals surface area contributed by atoms with E-state index < -0.39 is 15.1 Å². The molecule has 0 saturated carbocycles. The summed E-state index contributed by atoms with van der Waals surface area (Å²) in [7, 11) is -3.80. The maximum absolute atomic E-state index is 12.5. The van der Waals surface area contributed by atoms with Crippen molar-refractivity contribution in [3.8, 4) is 0 Å². The predicted molar refractivity (Wildman–Crippen MR) is 77.2 cm³/mol. The monoisotopic (exact) mass is 311 g/mol. The largest absolute Gasteiger partial charge is 0.618 e. The van der Waals surface area contributed by atoms with Crippen LogP contribution in [0.4, 0.5) is 0 Å². The molecule has 0 N–H and O–H groups in total. The van der Waals surface area contributed by atoms with Crippen molar-refractivity contribution < 1.29 is 13.1 Å².